The van der Waals surface area contributed by atoms with E-state index >= 15 is 0 Å². The van der Waals surface area contributed by atoms with Gasteiger partial charge in [0.05, 0.1) is 10.4 Å². The first-order valence-corrected chi connectivity index (χ1v) is 9.03. The van der Waals surface area contributed by atoms with Gasteiger partial charge in [-0.3, -0.25) is 9.78 Å². The molecule has 0 unspecified atom stereocenters. The Hall–Kier alpha value is -2.50. The van der Waals surface area contributed by atoms with Gasteiger partial charge in [0, 0.05) is 11.6 Å². The lowest BCUT2D eigenvalue weighted by Gasteiger charge is -2.09. The Morgan fingerprint density at radius 3 is 2.84 bits per heavy atom. The molecule has 122 valence electrons. The molecule has 5 heteroatoms. The molecule has 0 atom stereocenters. The number of carbonyl (C=O) groups is 1. The number of rotatable bonds is 2. The van der Waals surface area contributed by atoms with E-state index in [1.165, 1.54) is 22.9 Å². The molecule has 0 radical (unpaired) electrons. The van der Waals surface area contributed by atoms with Crippen molar-refractivity contribution >= 4 is 51.2 Å². The molecule has 1 aliphatic rings. The van der Waals surface area contributed by atoms with Crippen molar-refractivity contribution < 1.29 is 4.79 Å². The van der Waals surface area contributed by atoms with Gasteiger partial charge in [0.15, 0.2) is 0 Å². The van der Waals surface area contributed by atoms with Crippen molar-refractivity contribution in [3.63, 3.8) is 0 Å². The highest BCUT2D eigenvalue weighted by molar-refractivity contribution is 8.26. The zero-order valence-electron chi connectivity index (χ0n) is 13.4. The summed E-state index contributed by atoms with van der Waals surface area (Å²) in [5.74, 6) is -0.131. The summed E-state index contributed by atoms with van der Waals surface area (Å²) in [5.41, 5.74) is 5.42. The van der Waals surface area contributed by atoms with Crippen LogP contribution in [0.2, 0.25) is 0 Å². The quantitative estimate of drug-likeness (QED) is 0.530. The van der Waals surface area contributed by atoms with Crippen LogP contribution in [0.25, 0.3) is 28.1 Å². The smallest absolute Gasteiger partial charge is 0.263 e. The van der Waals surface area contributed by atoms with E-state index in [0.717, 1.165) is 22.0 Å². The van der Waals surface area contributed by atoms with E-state index in [-0.39, 0.29) is 5.91 Å². The number of hydrogen-bond acceptors (Lipinski definition) is 4. The molecule has 0 aliphatic carbocycles. The van der Waals surface area contributed by atoms with Crippen molar-refractivity contribution in [2.45, 2.75) is 6.92 Å². The average Bonchev–Trinajstić information content (AvgIpc) is 2.91. The Balaban J connectivity index is 1.77. The molecule has 1 N–H and O–H groups in total. The molecule has 25 heavy (non-hydrogen) atoms. The van der Waals surface area contributed by atoms with Crippen molar-refractivity contribution in [1.29, 1.82) is 0 Å². The van der Waals surface area contributed by atoms with Gasteiger partial charge in [0.1, 0.15) is 4.32 Å². The van der Waals surface area contributed by atoms with Gasteiger partial charge < -0.3 is 5.32 Å². The Morgan fingerprint density at radius 1 is 1.16 bits per heavy atom. The molecule has 1 aromatic heterocycles. The topological polar surface area (TPSA) is 42.0 Å². The van der Waals surface area contributed by atoms with Crippen LogP contribution in [0.1, 0.15) is 11.1 Å². The predicted octanol–water partition coefficient (Wildman–Crippen LogP) is 4.70. The molecule has 0 saturated carbocycles. The van der Waals surface area contributed by atoms with Crippen LogP contribution in [0, 0.1) is 6.92 Å². The van der Waals surface area contributed by atoms with Crippen LogP contribution in [-0.2, 0) is 4.79 Å². The van der Waals surface area contributed by atoms with Gasteiger partial charge in [-0.25, -0.2) is 0 Å². The number of thiocarbonyl (C=S) groups is 1. The summed E-state index contributed by atoms with van der Waals surface area (Å²) in [5, 5.41) is 3.76. The fourth-order valence-electron chi connectivity index (χ4n) is 2.90. The Morgan fingerprint density at radius 2 is 2.04 bits per heavy atom. The summed E-state index contributed by atoms with van der Waals surface area (Å²) in [6.07, 6.45) is 3.68. The Kier molecular flexibility index (Phi) is 4.11. The van der Waals surface area contributed by atoms with Crippen molar-refractivity contribution in [3.05, 3.63) is 70.8 Å². The third-order valence-electron chi connectivity index (χ3n) is 4.09. The predicted molar refractivity (Wildman–Crippen MR) is 108 cm³/mol. The van der Waals surface area contributed by atoms with Crippen molar-refractivity contribution in [1.82, 2.24) is 10.3 Å². The molecule has 1 saturated heterocycles. The fraction of sp³-hybridized carbons (Fsp3) is 0.0500. The fourth-order valence-corrected chi connectivity index (χ4v) is 3.95. The van der Waals surface area contributed by atoms with E-state index in [1.807, 2.05) is 30.5 Å². The highest BCUT2D eigenvalue weighted by Gasteiger charge is 2.21. The van der Waals surface area contributed by atoms with Gasteiger partial charge in [0.2, 0.25) is 0 Å². The molecular formula is C20H14N2OS2. The maximum Gasteiger partial charge on any atom is 0.263 e. The van der Waals surface area contributed by atoms with Gasteiger partial charge in [-0.05, 0) is 59.5 Å². The average molecular weight is 362 g/mol. The number of aromatic nitrogens is 1. The Bertz CT molecular complexity index is 1060. The summed E-state index contributed by atoms with van der Waals surface area (Å²) in [7, 11) is 0. The van der Waals surface area contributed by atoms with E-state index in [0.29, 0.717) is 9.23 Å². The van der Waals surface area contributed by atoms with Gasteiger partial charge >= 0.3 is 0 Å². The zero-order valence-corrected chi connectivity index (χ0v) is 15.1. The van der Waals surface area contributed by atoms with E-state index in [2.05, 4.69) is 47.6 Å². The van der Waals surface area contributed by atoms with Crippen LogP contribution >= 0.6 is 24.0 Å². The van der Waals surface area contributed by atoms with Gasteiger partial charge in [0.25, 0.3) is 5.91 Å². The number of hydrogen-bond donors (Lipinski definition) is 1. The van der Waals surface area contributed by atoms with Crippen LogP contribution in [0.3, 0.4) is 0 Å². The van der Waals surface area contributed by atoms with E-state index in [4.69, 9.17) is 12.2 Å². The van der Waals surface area contributed by atoms with Crippen LogP contribution in [-0.4, -0.2) is 15.2 Å². The summed E-state index contributed by atoms with van der Waals surface area (Å²) in [6, 6.07) is 16.4. The number of benzene rings is 2. The first-order valence-electron chi connectivity index (χ1n) is 7.81. The lowest BCUT2D eigenvalue weighted by atomic mass is 9.96. The summed E-state index contributed by atoms with van der Waals surface area (Å²) in [4.78, 5) is 16.9. The number of nitrogens with one attached hydrogen (secondary N) is 1. The van der Waals surface area contributed by atoms with Gasteiger partial charge in [-0.1, -0.05) is 48.2 Å². The first-order chi connectivity index (χ1) is 12.1. The van der Waals surface area contributed by atoms with E-state index < -0.39 is 0 Å². The molecule has 0 spiro atoms. The number of nitrogens with zero attached hydrogens (tertiary/aromatic N) is 1. The number of aryl methyl sites for hydroxylation is 1. The molecule has 3 aromatic rings. The number of thioether (sulfide) groups is 1. The highest BCUT2D eigenvalue weighted by Crippen LogP contribution is 2.30. The third kappa shape index (κ3) is 3.21. The monoisotopic (exact) mass is 362 g/mol. The Labute approximate surface area is 155 Å². The third-order valence-corrected chi connectivity index (χ3v) is 5.25. The molecule has 4 rings (SSSR count). The molecular weight excluding hydrogens is 348 g/mol. The van der Waals surface area contributed by atoms with Crippen LogP contribution < -0.4 is 5.32 Å². The maximum absolute atomic E-state index is 11.8. The van der Waals surface area contributed by atoms with E-state index in [9.17, 15) is 4.79 Å². The second kappa shape index (κ2) is 6.43. The number of fused-ring (bicyclic) bond motifs is 1. The molecule has 1 amide bonds. The minimum absolute atomic E-state index is 0.131. The largest absolute Gasteiger partial charge is 0.307 e. The minimum atomic E-state index is -0.131. The van der Waals surface area contributed by atoms with Crippen molar-refractivity contribution in [2.75, 3.05) is 0 Å². The van der Waals surface area contributed by atoms with Crippen LogP contribution in [0.4, 0.5) is 0 Å². The highest BCUT2D eigenvalue weighted by atomic mass is 32.2. The SMILES string of the molecule is Cc1cc2ncccc2cc1-c1cccc(/C=C2\SC(=S)NC2=O)c1. The normalized spacial score (nSPS) is 15.8. The molecule has 3 nitrogen and oxygen atoms in total. The van der Waals surface area contributed by atoms with Crippen molar-refractivity contribution in [3.8, 4) is 11.1 Å². The second-order valence-corrected chi connectivity index (χ2v) is 7.56. The summed E-state index contributed by atoms with van der Waals surface area (Å²) < 4.78 is 0.505. The van der Waals surface area contributed by atoms with E-state index in [1.54, 1.807) is 0 Å². The standard InChI is InChI=1S/C20H14N2OS2/c1-12-8-17-15(6-3-7-21-17)11-16(12)14-5-2-4-13(9-14)10-18-19(23)22-20(24)25-18/h2-11H,1H3,(H,22,23,24)/b18-10-. The number of amides is 1. The lowest BCUT2D eigenvalue weighted by Crippen LogP contribution is -2.17. The maximum atomic E-state index is 11.8. The minimum Gasteiger partial charge on any atom is -0.307 e. The molecule has 2 heterocycles. The first kappa shape index (κ1) is 16.0. The van der Waals surface area contributed by atoms with Gasteiger partial charge in [-0.15, -0.1) is 0 Å². The lowest BCUT2D eigenvalue weighted by molar-refractivity contribution is -0.115. The van der Waals surface area contributed by atoms with Crippen molar-refractivity contribution in [2.24, 2.45) is 0 Å². The summed E-state index contributed by atoms with van der Waals surface area (Å²) in [6.45, 7) is 2.09. The molecule has 2 aromatic carbocycles. The number of pyridine rings is 1. The molecule has 0 bridgehead atoms. The van der Waals surface area contributed by atoms with Crippen LogP contribution in [0.15, 0.2) is 59.6 Å². The summed E-state index contributed by atoms with van der Waals surface area (Å²) >= 11 is 6.34. The van der Waals surface area contributed by atoms with Gasteiger partial charge in [-0.2, -0.15) is 0 Å². The second-order valence-electron chi connectivity index (χ2n) is 5.84. The molecule has 1 aliphatic heterocycles. The van der Waals surface area contributed by atoms with Crippen LogP contribution in [0.5, 0.6) is 0 Å². The number of carbonyl (C=O) groups excluding carboxylic acids is 1. The molecule has 1 fully saturated rings. The zero-order chi connectivity index (χ0) is 17.4.